The minimum atomic E-state index is -3.21. The third-order valence-corrected chi connectivity index (χ3v) is 5.47. The highest BCUT2D eigenvalue weighted by Gasteiger charge is 2.36. The number of ether oxygens (including phenoxy) is 1. The van der Waals surface area contributed by atoms with Crippen molar-refractivity contribution in [1.29, 1.82) is 0 Å². The first-order chi connectivity index (χ1) is 10.4. The Hall–Kier alpha value is -1.76. The Kier molecular flexibility index (Phi) is 3.76. The van der Waals surface area contributed by atoms with Crippen LogP contribution in [0.2, 0.25) is 0 Å². The second-order valence-corrected chi connectivity index (χ2v) is 7.97. The van der Waals surface area contributed by atoms with Crippen molar-refractivity contribution in [3.8, 4) is 0 Å². The van der Waals surface area contributed by atoms with Crippen molar-refractivity contribution in [1.82, 2.24) is 0 Å². The Balaban J connectivity index is 1.96. The summed E-state index contributed by atoms with van der Waals surface area (Å²) in [5.41, 5.74) is 1.50. The van der Waals surface area contributed by atoms with Crippen LogP contribution in [0.15, 0.2) is 52.1 Å². The van der Waals surface area contributed by atoms with Crippen molar-refractivity contribution in [3.63, 3.8) is 0 Å². The summed E-state index contributed by atoms with van der Waals surface area (Å²) in [6, 6.07) is 8.47. The van der Waals surface area contributed by atoms with Gasteiger partial charge in [-0.25, -0.2) is 8.42 Å². The number of aldehydes is 1. The molecule has 114 valence electrons. The van der Waals surface area contributed by atoms with E-state index < -0.39 is 15.4 Å². The van der Waals surface area contributed by atoms with Gasteiger partial charge in [-0.1, -0.05) is 12.1 Å². The SMILES string of the molecule is CS(=O)(=O)c1ccc(C2=CC(C=O)(c3ccsc3)OC2)cc1. The summed E-state index contributed by atoms with van der Waals surface area (Å²) >= 11 is 1.51. The summed E-state index contributed by atoms with van der Waals surface area (Å²) in [5, 5.41) is 3.79. The molecule has 0 saturated carbocycles. The van der Waals surface area contributed by atoms with E-state index in [1.807, 2.05) is 16.8 Å². The Bertz CT molecular complexity index is 818. The van der Waals surface area contributed by atoms with Gasteiger partial charge in [-0.3, -0.25) is 4.79 Å². The van der Waals surface area contributed by atoms with Crippen LogP contribution < -0.4 is 0 Å². The zero-order valence-corrected chi connectivity index (χ0v) is 13.5. The van der Waals surface area contributed by atoms with Crippen LogP contribution in [0.25, 0.3) is 5.57 Å². The molecule has 0 amide bonds. The van der Waals surface area contributed by atoms with E-state index in [9.17, 15) is 13.2 Å². The maximum atomic E-state index is 11.5. The number of thiophene rings is 1. The fourth-order valence-electron chi connectivity index (χ4n) is 2.41. The van der Waals surface area contributed by atoms with Crippen LogP contribution in [-0.4, -0.2) is 27.6 Å². The molecule has 0 saturated heterocycles. The fraction of sp³-hybridized carbons (Fsp3) is 0.188. The first kappa shape index (κ1) is 15.1. The molecule has 0 N–H and O–H groups in total. The summed E-state index contributed by atoms with van der Waals surface area (Å²) < 4.78 is 28.7. The highest BCUT2D eigenvalue weighted by atomic mass is 32.2. The van der Waals surface area contributed by atoms with E-state index in [2.05, 4.69) is 0 Å². The summed E-state index contributed by atoms with van der Waals surface area (Å²) in [6.07, 6.45) is 3.78. The van der Waals surface area contributed by atoms with Crippen LogP contribution in [0.3, 0.4) is 0 Å². The van der Waals surface area contributed by atoms with E-state index >= 15 is 0 Å². The molecule has 0 bridgehead atoms. The van der Waals surface area contributed by atoms with Crippen molar-refractivity contribution in [2.45, 2.75) is 10.5 Å². The molecule has 22 heavy (non-hydrogen) atoms. The molecule has 0 aliphatic carbocycles. The molecule has 3 rings (SSSR count). The highest BCUT2D eigenvalue weighted by Crippen LogP contribution is 2.37. The van der Waals surface area contributed by atoms with E-state index in [1.165, 1.54) is 17.6 Å². The number of sulfone groups is 1. The largest absolute Gasteiger partial charge is 0.354 e. The first-order valence-corrected chi connectivity index (χ1v) is 9.43. The topological polar surface area (TPSA) is 60.4 Å². The van der Waals surface area contributed by atoms with Gasteiger partial charge in [-0.2, -0.15) is 11.3 Å². The van der Waals surface area contributed by atoms with Crippen LogP contribution in [0.5, 0.6) is 0 Å². The molecular formula is C16H14O4S2. The summed E-state index contributed by atoms with van der Waals surface area (Å²) in [6.45, 7) is 0.312. The maximum Gasteiger partial charge on any atom is 0.175 e. The predicted octanol–water partition coefficient (Wildman–Crippen LogP) is 2.66. The Morgan fingerprint density at radius 1 is 1.23 bits per heavy atom. The van der Waals surface area contributed by atoms with Crippen molar-refractivity contribution in [2.75, 3.05) is 12.9 Å². The average Bonchev–Trinajstić information content (AvgIpc) is 3.17. The molecule has 0 radical (unpaired) electrons. The monoisotopic (exact) mass is 334 g/mol. The van der Waals surface area contributed by atoms with Crippen molar-refractivity contribution >= 4 is 33.0 Å². The maximum absolute atomic E-state index is 11.5. The van der Waals surface area contributed by atoms with Gasteiger partial charge in [0.25, 0.3) is 0 Å². The third-order valence-electron chi connectivity index (χ3n) is 3.66. The molecule has 1 unspecified atom stereocenters. The van der Waals surface area contributed by atoms with Gasteiger partial charge in [0.2, 0.25) is 0 Å². The molecular weight excluding hydrogens is 320 g/mol. The molecule has 0 spiro atoms. The number of hydrogen-bond donors (Lipinski definition) is 0. The summed E-state index contributed by atoms with van der Waals surface area (Å²) in [5.74, 6) is 0. The van der Waals surface area contributed by atoms with Crippen LogP contribution >= 0.6 is 11.3 Å². The normalized spacial score (nSPS) is 21.6. The number of hydrogen-bond acceptors (Lipinski definition) is 5. The summed E-state index contributed by atoms with van der Waals surface area (Å²) in [4.78, 5) is 11.8. The Morgan fingerprint density at radius 2 is 1.95 bits per heavy atom. The summed E-state index contributed by atoms with van der Waals surface area (Å²) in [7, 11) is -3.21. The van der Waals surface area contributed by atoms with Gasteiger partial charge in [0, 0.05) is 11.8 Å². The van der Waals surface area contributed by atoms with Gasteiger partial charge >= 0.3 is 0 Å². The van der Waals surface area contributed by atoms with Crippen LogP contribution in [0.4, 0.5) is 0 Å². The van der Waals surface area contributed by atoms with Gasteiger partial charge in [0.05, 0.1) is 11.5 Å². The lowest BCUT2D eigenvalue weighted by Gasteiger charge is -2.18. The fourth-order valence-corrected chi connectivity index (χ4v) is 3.76. The first-order valence-electron chi connectivity index (χ1n) is 6.60. The van der Waals surface area contributed by atoms with E-state index in [0.29, 0.717) is 6.61 Å². The zero-order chi connectivity index (χ0) is 15.8. The van der Waals surface area contributed by atoms with E-state index in [1.54, 1.807) is 30.3 Å². The highest BCUT2D eigenvalue weighted by molar-refractivity contribution is 7.90. The molecule has 1 aromatic carbocycles. The van der Waals surface area contributed by atoms with Crippen LogP contribution in [0.1, 0.15) is 11.1 Å². The molecule has 1 atom stereocenters. The van der Waals surface area contributed by atoms with Gasteiger partial charge in [0.1, 0.15) is 0 Å². The average molecular weight is 334 g/mol. The number of rotatable bonds is 4. The van der Waals surface area contributed by atoms with Crippen LogP contribution in [-0.2, 0) is 25.0 Å². The zero-order valence-electron chi connectivity index (χ0n) is 11.9. The molecule has 1 aromatic heterocycles. The molecule has 2 heterocycles. The minimum Gasteiger partial charge on any atom is -0.354 e. The molecule has 1 aliphatic rings. The van der Waals surface area contributed by atoms with Gasteiger partial charge in [-0.05, 0) is 46.2 Å². The lowest BCUT2D eigenvalue weighted by Crippen LogP contribution is -2.24. The Morgan fingerprint density at radius 3 is 2.50 bits per heavy atom. The van der Waals surface area contributed by atoms with Gasteiger partial charge in [-0.15, -0.1) is 0 Å². The minimum absolute atomic E-state index is 0.273. The van der Waals surface area contributed by atoms with Crippen molar-refractivity contribution < 1.29 is 17.9 Å². The quantitative estimate of drug-likeness (QED) is 0.807. The lowest BCUT2D eigenvalue weighted by molar-refractivity contribution is -0.123. The van der Waals surface area contributed by atoms with Crippen molar-refractivity contribution in [2.24, 2.45) is 0 Å². The number of carbonyl (C=O) groups excluding carboxylic acids is 1. The third kappa shape index (κ3) is 2.65. The molecule has 0 fully saturated rings. The standard InChI is InChI=1S/C16H14O4S2/c1-22(18,19)15-4-2-12(3-5-15)13-8-16(11-17,20-9-13)14-6-7-21-10-14/h2-8,10-11H,9H2,1H3. The van der Waals surface area contributed by atoms with E-state index in [0.717, 1.165) is 23.0 Å². The lowest BCUT2D eigenvalue weighted by atomic mass is 9.96. The second kappa shape index (κ2) is 5.46. The Labute approximate surface area is 133 Å². The number of benzene rings is 1. The number of carbonyl (C=O) groups is 1. The molecule has 1 aliphatic heterocycles. The predicted molar refractivity (Wildman–Crippen MR) is 85.5 cm³/mol. The second-order valence-electron chi connectivity index (χ2n) is 5.18. The smallest absolute Gasteiger partial charge is 0.175 e. The van der Waals surface area contributed by atoms with Gasteiger partial charge < -0.3 is 4.74 Å². The molecule has 4 nitrogen and oxygen atoms in total. The van der Waals surface area contributed by atoms with E-state index in [4.69, 9.17) is 4.74 Å². The molecule has 2 aromatic rings. The van der Waals surface area contributed by atoms with Crippen molar-refractivity contribution in [3.05, 3.63) is 58.3 Å². The van der Waals surface area contributed by atoms with E-state index in [-0.39, 0.29) is 4.90 Å². The molecule has 6 heteroatoms. The van der Waals surface area contributed by atoms with Gasteiger partial charge in [0.15, 0.2) is 21.7 Å². The van der Waals surface area contributed by atoms with Crippen LogP contribution in [0, 0.1) is 0 Å².